The summed E-state index contributed by atoms with van der Waals surface area (Å²) in [5.41, 5.74) is 7.53. The van der Waals surface area contributed by atoms with Crippen LogP contribution in [0.3, 0.4) is 0 Å². The average molecular weight is 199 g/mol. The maximum atomic E-state index is 5.47. The second-order valence-electron chi connectivity index (χ2n) is 3.26. The summed E-state index contributed by atoms with van der Waals surface area (Å²) in [6.45, 7) is 0.582. The lowest BCUT2D eigenvalue weighted by atomic mass is 10.1. The van der Waals surface area contributed by atoms with Crippen LogP contribution in [0.15, 0.2) is 42.6 Å². The molecule has 0 aliphatic rings. The van der Waals surface area contributed by atoms with E-state index in [-0.39, 0.29) is 0 Å². The number of hydrogen-bond acceptors (Lipinski definition) is 3. The Hall–Kier alpha value is -1.74. The Morgan fingerprint density at radius 2 is 1.87 bits per heavy atom. The van der Waals surface area contributed by atoms with Gasteiger partial charge in [0.05, 0.1) is 5.69 Å². The number of nitrogens with zero attached hydrogens (tertiary/aromatic N) is 2. The summed E-state index contributed by atoms with van der Waals surface area (Å²) in [5.74, 6) is 0.804. The van der Waals surface area contributed by atoms with Crippen LogP contribution in [-0.2, 0) is 6.42 Å². The van der Waals surface area contributed by atoms with Crippen LogP contribution in [0.25, 0.3) is 11.3 Å². The summed E-state index contributed by atoms with van der Waals surface area (Å²) < 4.78 is 0. The molecule has 3 nitrogen and oxygen atoms in total. The Balaban J connectivity index is 2.33. The zero-order valence-electron chi connectivity index (χ0n) is 8.43. The van der Waals surface area contributed by atoms with Crippen molar-refractivity contribution in [1.82, 2.24) is 9.97 Å². The monoisotopic (exact) mass is 199 g/mol. The van der Waals surface area contributed by atoms with Gasteiger partial charge in [0.1, 0.15) is 5.82 Å². The molecule has 0 spiro atoms. The van der Waals surface area contributed by atoms with Gasteiger partial charge in [-0.1, -0.05) is 30.3 Å². The predicted molar refractivity (Wildman–Crippen MR) is 60.2 cm³/mol. The van der Waals surface area contributed by atoms with Crippen LogP contribution in [0.4, 0.5) is 0 Å². The zero-order chi connectivity index (χ0) is 10.5. The van der Waals surface area contributed by atoms with Gasteiger partial charge in [-0.15, -0.1) is 0 Å². The second-order valence-corrected chi connectivity index (χ2v) is 3.26. The fraction of sp³-hybridized carbons (Fsp3) is 0.167. The van der Waals surface area contributed by atoms with Gasteiger partial charge in [0.2, 0.25) is 0 Å². The molecule has 0 atom stereocenters. The highest BCUT2D eigenvalue weighted by atomic mass is 14.9. The first kappa shape index (κ1) is 9.80. The molecule has 0 bridgehead atoms. The Morgan fingerprint density at radius 1 is 1.07 bits per heavy atom. The molecule has 1 aromatic heterocycles. The Kier molecular flexibility index (Phi) is 3.05. The lowest BCUT2D eigenvalue weighted by molar-refractivity contribution is 0.869. The minimum atomic E-state index is 0.582. The molecule has 2 aromatic rings. The smallest absolute Gasteiger partial charge is 0.130 e. The van der Waals surface area contributed by atoms with Crippen molar-refractivity contribution >= 4 is 0 Å². The SMILES string of the molecule is NCCc1nccc(-c2ccccc2)n1. The van der Waals surface area contributed by atoms with Gasteiger partial charge in [0.25, 0.3) is 0 Å². The first-order valence-electron chi connectivity index (χ1n) is 4.97. The highest BCUT2D eigenvalue weighted by Gasteiger charge is 2.00. The van der Waals surface area contributed by atoms with E-state index in [1.165, 1.54) is 0 Å². The largest absolute Gasteiger partial charge is 0.330 e. The van der Waals surface area contributed by atoms with Gasteiger partial charge in [-0.3, -0.25) is 0 Å². The van der Waals surface area contributed by atoms with Crippen molar-refractivity contribution in [2.45, 2.75) is 6.42 Å². The van der Waals surface area contributed by atoms with E-state index in [1.807, 2.05) is 36.4 Å². The maximum Gasteiger partial charge on any atom is 0.130 e. The average Bonchev–Trinajstić information content (AvgIpc) is 2.31. The molecular weight excluding hydrogens is 186 g/mol. The molecule has 0 radical (unpaired) electrons. The van der Waals surface area contributed by atoms with Crippen LogP contribution in [-0.4, -0.2) is 16.5 Å². The van der Waals surface area contributed by atoms with Gasteiger partial charge in [-0.2, -0.15) is 0 Å². The van der Waals surface area contributed by atoms with E-state index in [0.29, 0.717) is 6.54 Å². The van der Waals surface area contributed by atoms with Gasteiger partial charge in [-0.05, 0) is 12.6 Å². The van der Waals surface area contributed by atoms with Crippen LogP contribution in [0.5, 0.6) is 0 Å². The van der Waals surface area contributed by atoms with E-state index in [4.69, 9.17) is 5.73 Å². The first-order valence-corrected chi connectivity index (χ1v) is 4.97. The zero-order valence-corrected chi connectivity index (χ0v) is 8.43. The summed E-state index contributed by atoms with van der Waals surface area (Å²) in [6, 6.07) is 12.0. The summed E-state index contributed by atoms with van der Waals surface area (Å²) in [5, 5.41) is 0. The molecule has 1 aromatic carbocycles. The summed E-state index contributed by atoms with van der Waals surface area (Å²) in [4.78, 5) is 8.61. The molecule has 0 unspecified atom stereocenters. The van der Waals surface area contributed by atoms with Crippen LogP contribution < -0.4 is 5.73 Å². The summed E-state index contributed by atoms with van der Waals surface area (Å²) in [6.07, 6.45) is 2.50. The number of aromatic nitrogens is 2. The van der Waals surface area contributed by atoms with E-state index in [9.17, 15) is 0 Å². The minimum Gasteiger partial charge on any atom is -0.330 e. The summed E-state index contributed by atoms with van der Waals surface area (Å²) in [7, 11) is 0. The molecule has 3 heteroatoms. The van der Waals surface area contributed by atoms with Gasteiger partial charge in [-0.25, -0.2) is 9.97 Å². The van der Waals surface area contributed by atoms with Crippen LogP contribution in [0.1, 0.15) is 5.82 Å². The fourth-order valence-electron chi connectivity index (χ4n) is 1.42. The topological polar surface area (TPSA) is 51.8 Å². The molecule has 2 N–H and O–H groups in total. The number of nitrogens with two attached hydrogens (primary N) is 1. The molecule has 0 aliphatic carbocycles. The summed E-state index contributed by atoms with van der Waals surface area (Å²) >= 11 is 0. The molecule has 0 saturated carbocycles. The molecule has 0 saturated heterocycles. The molecular formula is C12H13N3. The molecule has 2 rings (SSSR count). The van der Waals surface area contributed by atoms with Crippen LogP contribution in [0, 0.1) is 0 Å². The lowest BCUT2D eigenvalue weighted by Gasteiger charge is -2.02. The van der Waals surface area contributed by atoms with Gasteiger partial charge in [0.15, 0.2) is 0 Å². The minimum absolute atomic E-state index is 0.582. The van der Waals surface area contributed by atoms with Gasteiger partial charge < -0.3 is 5.73 Å². The quantitative estimate of drug-likeness (QED) is 0.817. The number of benzene rings is 1. The van der Waals surface area contributed by atoms with Crippen molar-refractivity contribution in [2.75, 3.05) is 6.54 Å². The standard InChI is InChI=1S/C12H13N3/c13-8-6-12-14-9-7-11(15-12)10-4-2-1-3-5-10/h1-5,7,9H,6,8,13H2. The first-order chi connectivity index (χ1) is 7.40. The van der Waals surface area contributed by atoms with E-state index in [1.54, 1.807) is 6.20 Å². The van der Waals surface area contributed by atoms with E-state index < -0.39 is 0 Å². The van der Waals surface area contributed by atoms with Gasteiger partial charge in [0, 0.05) is 18.2 Å². The van der Waals surface area contributed by atoms with E-state index in [2.05, 4.69) is 9.97 Å². The molecule has 0 aliphatic heterocycles. The molecule has 15 heavy (non-hydrogen) atoms. The van der Waals surface area contributed by atoms with Crippen molar-refractivity contribution in [3.05, 3.63) is 48.4 Å². The van der Waals surface area contributed by atoms with Crippen LogP contribution in [0.2, 0.25) is 0 Å². The third-order valence-electron chi connectivity index (χ3n) is 2.14. The predicted octanol–water partition coefficient (Wildman–Crippen LogP) is 1.64. The Bertz CT molecular complexity index is 426. The molecule has 0 fully saturated rings. The second kappa shape index (κ2) is 4.66. The molecule has 1 heterocycles. The third-order valence-corrected chi connectivity index (χ3v) is 2.14. The number of hydrogen-bond donors (Lipinski definition) is 1. The van der Waals surface area contributed by atoms with Crippen molar-refractivity contribution in [3.63, 3.8) is 0 Å². The fourth-order valence-corrected chi connectivity index (χ4v) is 1.42. The highest BCUT2D eigenvalue weighted by molar-refractivity contribution is 5.58. The molecule has 0 amide bonds. The van der Waals surface area contributed by atoms with E-state index in [0.717, 1.165) is 23.5 Å². The van der Waals surface area contributed by atoms with Crippen molar-refractivity contribution in [2.24, 2.45) is 5.73 Å². The number of rotatable bonds is 3. The Labute approximate surface area is 89.0 Å². The lowest BCUT2D eigenvalue weighted by Crippen LogP contribution is -2.06. The van der Waals surface area contributed by atoms with Crippen molar-refractivity contribution < 1.29 is 0 Å². The normalized spacial score (nSPS) is 10.2. The van der Waals surface area contributed by atoms with Crippen molar-refractivity contribution in [1.29, 1.82) is 0 Å². The maximum absolute atomic E-state index is 5.47. The van der Waals surface area contributed by atoms with Crippen LogP contribution >= 0.6 is 0 Å². The van der Waals surface area contributed by atoms with E-state index >= 15 is 0 Å². The highest BCUT2D eigenvalue weighted by Crippen LogP contribution is 2.15. The molecule has 76 valence electrons. The van der Waals surface area contributed by atoms with Gasteiger partial charge >= 0.3 is 0 Å². The van der Waals surface area contributed by atoms with Crippen molar-refractivity contribution in [3.8, 4) is 11.3 Å². The Morgan fingerprint density at radius 3 is 2.60 bits per heavy atom. The third kappa shape index (κ3) is 2.39.